The molecule has 0 bridgehead atoms. The fraction of sp³-hybridized carbons (Fsp3) is 0.407. The highest BCUT2D eigenvalue weighted by atomic mass is 19.1. The summed E-state index contributed by atoms with van der Waals surface area (Å²) < 4.78 is 50.2. The Kier molecular flexibility index (Phi) is 6.75. The molecule has 2 aromatic carbocycles. The molecule has 0 saturated carbocycles. The van der Waals surface area contributed by atoms with Crippen LogP contribution in [0.5, 0.6) is 5.75 Å². The lowest BCUT2D eigenvalue weighted by Crippen LogP contribution is -2.38. The SMILES string of the molecule is CC(C)N1CCOc2c(F)cc(-c3nc(Nc4ccc(C5CCN(C)CC5)c(F)c4)ncc3F)cc21. The van der Waals surface area contributed by atoms with Crippen molar-refractivity contribution in [1.29, 1.82) is 0 Å². The van der Waals surface area contributed by atoms with Crippen LogP contribution in [0.15, 0.2) is 36.5 Å². The van der Waals surface area contributed by atoms with Crippen molar-refractivity contribution in [3.8, 4) is 17.0 Å². The smallest absolute Gasteiger partial charge is 0.227 e. The first kappa shape index (κ1) is 24.4. The average Bonchev–Trinajstić information content (AvgIpc) is 2.85. The summed E-state index contributed by atoms with van der Waals surface area (Å²) in [5.74, 6) is -1.11. The van der Waals surface area contributed by atoms with E-state index < -0.39 is 11.6 Å². The van der Waals surface area contributed by atoms with Crippen LogP contribution >= 0.6 is 0 Å². The quantitative estimate of drug-likeness (QED) is 0.487. The molecule has 0 aliphatic carbocycles. The first-order valence-electron chi connectivity index (χ1n) is 12.3. The van der Waals surface area contributed by atoms with Crippen molar-refractivity contribution in [1.82, 2.24) is 14.9 Å². The molecule has 2 aliphatic rings. The lowest BCUT2D eigenvalue weighted by molar-refractivity contribution is 0.253. The van der Waals surface area contributed by atoms with E-state index in [-0.39, 0.29) is 40.7 Å². The molecule has 1 saturated heterocycles. The number of fused-ring (bicyclic) bond motifs is 1. The molecule has 0 amide bonds. The number of halogens is 3. The molecule has 3 aromatic rings. The van der Waals surface area contributed by atoms with Gasteiger partial charge in [0.15, 0.2) is 17.4 Å². The zero-order valence-corrected chi connectivity index (χ0v) is 20.7. The third kappa shape index (κ3) is 4.84. The van der Waals surface area contributed by atoms with Crippen LogP contribution < -0.4 is 15.0 Å². The number of hydrogen-bond acceptors (Lipinski definition) is 6. The molecular weight excluding hydrogens is 467 g/mol. The number of rotatable bonds is 5. The van der Waals surface area contributed by atoms with Gasteiger partial charge in [0.1, 0.15) is 18.1 Å². The van der Waals surface area contributed by atoms with E-state index in [0.29, 0.717) is 30.1 Å². The number of likely N-dealkylation sites (tertiary alicyclic amines) is 1. The number of piperidine rings is 1. The molecule has 0 atom stereocenters. The Morgan fingerprint density at radius 1 is 1.00 bits per heavy atom. The topological polar surface area (TPSA) is 53.5 Å². The maximum Gasteiger partial charge on any atom is 0.227 e. The first-order valence-corrected chi connectivity index (χ1v) is 12.3. The highest BCUT2D eigenvalue weighted by Crippen LogP contribution is 2.39. The zero-order chi connectivity index (χ0) is 25.4. The van der Waals surface area contributed by atoms with Gasteiger partial charge in [-0.2, -0.15) is 0 Å². The second-order valence-electron chi connectivity index (χ2n) is 9.77. The van der Waals surface area contributed by atoms with Gasteiger partial charge in [0.25, 0.3) is 0 Å². The van der Waals surface area contributed by atoms with Crippen molar-refractivity contribution < 1.29 is 17.9 Å². The molecule has 5 rings (SSSR count). The van der Waals surface area contributed by atoms with E-state index in [0.717, 1.165) is 32.1 Å². The lowest BCUT2D eigenvalue weighted by Gasteiger charge is -2.34. The molecule has 190 valence electrons. The minimum atomic E-state index is -0.684. The summed E-state index contributed by atoms with van der Waals surface area (Å²) in [4.78, 5) is 12.6. The molecule has 1 aromatic heterocycles. The molecule has 6 nitrogen and oxygen atoms in total. The van der Waals surface area contributed by atoms with Crippen LogP contribution in [0.2, 0.25) is 0 Å². The number of ether oxygens (including phenoxy) is 1. The molecule has 36 heavy (non-hydrogen) atoms. The van der Waals surface area contributed by atoms with E-state index in [1.165, 1.54) is 12.1 Å². The van der Waals surface area contributed by atoms with Crippen molar-refractivity contribution >= 4 is 17.3 Å². The normalized spacial score (nSPS) is 16.7. The van der Waals surface area contributed by atoms with Gasteiger partial charge in [-0.3, -0.25) is 0 Å². The number of benzene rings is 2. The lowest BCUT2D eigenvalue weighted by atomic mass is 9.89. The van der Waals surface area contributed by atoms with Crippen LogP contribution in [0.4, 0.5) is 30.5 Å². The van der Waals surface area contributed by atoms with Crippen molar-refractivity contribution in [2.45, 2.75) is 38.6 Å². The Hall–Kier alpha value is -3.33. The molecule has 2 aliphatic heterocycles. The van der Waals surface area contributed by atoms with Gasteiger partial charge in [-0.05, 0) is 82.6 Å². The Morgan fingerprint density at radius 3 is 2.50 bits per heavy atom. The fourth-order valence-electron chi connectivity index (χ4n) is 4.99. The molecule has 9 heteroatoms. The molecule has 3 heterocycles. The number of hydrogen-bond donors (Lipinski definition) is 1. The number of aromatic nitrogens is 2. The Balaban J connectivity index is 1.41. The molecule has 1 N–H and O–H groups in total. The fourth-order valence-corrected chi connectivity index (χ4v) is 4.99. The van der Waals surface area contributed by atoms with E-state index in [1.807, 2.05) is 18.7 Å². The Labute approximate surface area is 209 Å². The van der Waals surface area contributed by atoms with Crippen LogP contribution in [0.3, 0.4) is 0 Å². The van der Waals surface area contributed by atoms with Crippen LogP contribution in [0, 0.1) is 17.5 Å². The van der Waals surface area contributed by atoms with Gasteiger partial charge in [-0.15, -0.1) is 0 Å². The van der Waals surface area contributed by atoms with E-state index in [4.69, 9.17) is 4.74 Å². The molecule has 1 fully saturated rings. The molecule has 0 spiro atoms. The summed E-state index contributed by atoms with van der Waals surface area (Å²) in [5, 5.41) is 2.96. The zero-order valence-electron chi connectivity index (χ0n) is 20.7. The maximum atomic E-state index is 14.9. The second-order valence-corrected chi connectivity index (χ2v) is 9.77. The molecular formula is C27H30F3N5O. The first-order chi connectivity index (χ1) is 17.3. The summed E-state index contributed by atoms with van der Waals surface area (Å²) in [5.41, 5.74) is 1.94. The summed E-state index contributed by atoms with van der Waals surface area (Å²) in [7, 11) is 2.07. The van der Waals surface area contributed by atoms with Crippen LogP contribution in [-0.2, 0) is 0 Å². The minimum absolute atomic E-state index is 0.0492. The minimum Gasteiger partial charge on any atom is -0.486 e. The predicted octanol–water partition coefficient (Wildman–Crippen LogP) is 5.72. The summed E-state index contributed by atoms with van der Waals surface area (Å²) in [6.07, 6.45) is 2.87. The largest absolute Gasteiger partial charge is 0.486 e. The Bertz CT molecular complexity index is 1260. The van der Waals surface area contributed by atoms with E-state index >= 15 is 0 Å². The van der Waals surface area contributed by atoms with Crippen molar-refractivity contribution in [2.75, 3.05) is 43.5 Å². The summed E-state index contributed by atoms with van der Waals surface area (Å²) in [6.45, 7) is 6.88. The van der Waals surface area contributed by atoms with Gasteiger partial charge in [-0.1, -0.05) is 6.07 Å². The standard InChI is InChI=1S/C27H30F3N5O/c1-16(2)35-10-11-36-26-22(29)12-18(13-24(26)35)25-23(30)15-31-27(33-25)32-19-4-5-20(21(28)14-19)17-6-8-34(3)9-7-17/h4-5,12-17H,6-11H2,1-3H3,(H,31,32,33). The summed E-state index contributed by atoms with van der Waals surface area (Å²) in [6, 6.07) is 7.99. The van der Waals surface area contributed by atoms with Crippen LogP contribution in [0.25, 0.3) is 11.3 Å². The van der Waals surface area contributed by atoms with E-state index in [2.05, 4.69) is 27.2 Å². The summed E-state index contributed by atoms with van der Waals surface area (Å²) >= 11 is 0. The van der Waals surface area contributed by atoms with Gasteiger partial charge < -0.3 is 19.9 Å². The van der Waals surface area contributed by atoms with Crippen LogP contribution in [-0.4, -0.2) is 54.2 Å². The van der Waals surface area contributed by atoms with Crippen molar-refractivity contribution in [3.05, 3.63) is 59.5 Å². The highest BCUT2D eigenvalue weighted by molar-refractivity contribution is 5.73. The van der Waals surface area contributed by atoms with Gasteiger partial charge >= 0.3 is 0 Å². The third-order valence-electron chi connectivity index (χ3n) is 6.97. The van der Waals surface area contributed by atoms with Crippen molar-refractivity contribution in [2.24, 2.45) is 0 Å². The van der Waals surface area contributed by atoms with Gasteiger partial charge in [0.05, 0.1) is 18.4 Å². The monoisotopic (exact) mass is 497 g/mol. The van der Waals surface area contributed by atoms with Gasteiger partial charge in [0, 0.05) is 17.3 Å². The van der Waals surface area contributed by atoms with Crippen LogP contribution in [0.1, 0.15) is 38.2 Å². The maximum absolute atomic E-state index is 14.9. The van der Waals surface area contributed by atoms with Crippen molar-refractivity contribution in [3.63, 3.8) is 0 Å². The molecule has 0 radical (unpaired) electrons. The van der Waals surface area contributed by atoms with Gasteiger partial charge in [-0.25, -0.2) is 23.1 Å². The average molecular weight is 498 g/mol. The second kappa shape index (κ2) is 9.97. The van der Waals surface area contributed by atoms with E-state index in [9.17, 15) is 13.2 Å². The third-order valence-corrected chi connectivity index (χ3v) is 6.97. The highest BCUT2D eigenvalue weighted by Gasteiger charge is 2.26. The number of nitrogens with one attached hydrogen (secondary N) is 1. The predicted molar refractivity (Wildman–Crippen MR) is 135 cm³/mol. The van der Waals surface area contributed by atoms with Gasteiger partial charge in [0.2, 0.25) is 5.95 Å². The number of nitrogens with zero attached hydrogens (tertiary/aromatic N) is 4. The molecule has 0 unspecified atom stereocenters. The Morgan fingerprint density at radius 2 is 1.78 bits per heavy atom. The van der Waals surface area contributed by atoms with E-state index in [1.54, 1.807) is 18.2 Å². The number of anilines is 3.